The monoisotopic (exact) mass is 626 g/mol. The summed E-state index contributed by atoms with van der Waals surface area (Å²) < 4.78 is 40.0. The van der Waals surface area contributed by atoms with Crippen LogP contribution in [0.5, 0.6) is 0 Å². The highest BCUT2D eigenvalue weighted by Gasteiger charge is 2.35. The van der Waals surface area contributed by atoms with Gasteiger partial charge in [-0.3, -0.25) is 4.79 Å². The van der Waals surface area contributed by atoms with E-state index in [0.717, 1.165) is 18.9 Å². The minimum Gasteiger partial charge on any atom is -0.378 e. The lowest BCUT2D eigenvalue weighted by atomic mass is 10.0. The van der Waals surface area contributed by atoms with E-state index >= 15 is 0 Å². The first kappa shape index (κ1) is 30.8. The van der Waals surface area contributed by atoms with Crippen molar-refractivity contribution >= 4 is 40.6 Å². The molecule has 0 unspecified atom stereocenters. The number of carbonyl (C=O) groups is 1. The second kappa shape index (κ2) is 14.2. The number of carbonyl (C=O) groups excluding carboxylic acids is 1. The summed E-state index contributed by atoms with van der Waals surface area (Å²) in [6.07, 6.45) is 0. The van der Waals surface area contributed by atoms with Crippen molar-refractivity contribution < 1.29 is 23.0 Å². The highest BCUT2D eigenvalue weighted by molar-refractivity contribution is 6.30. The van der Waals surface area contributed by atoms with Gasteiger partial charge in [0.05, 0.1) is 26.4 Å². The van der Waals surface area contributed by atoms with Crippen LogP contribution in [0.3, 0.4) is 0 Å². The lowest BCUT2D eigenvalue weighted by molar-refractivity contribution is 0.0427. The first-order chi connectivity index (χ1) is 20.8. The lowest BCUT2D eigenvalue weighted by Crippen LogP contribution is -2.37. The number of aromatic nitrogens is 2. The van der Waals surface area contributed by atoms with Gasteiger partial charge in [0, 0.05) is 48.4 Å². The maximum Gasteiger partial charge on any atom is 0.298 e. The maximum absolute atomic E-state index is 14.7. The smallest absolute Gasteiger partial charge is 0.298 e. The van der Waals surface area contributed by atoms with Gasteiger partial charge >= 0.3 is 0 Å². The maximum atomic E-state index is 14.7. The molecule has 0 bridgehead atoms. The molecule has 224 valence electrons. The van der Waals surface area contributed by atoms with Crippen LogP contribution < -0.4 is 9.80 Å². The van der Waals surface area contributed by atoms with Crippen molar-refractivity contribution in [3.8, 4) is 0 Å². The SMILES string of the molecule is FC(F)(c1ccccc1)c1cc(Cl)nc(N2CCOCC2)c1.O=C(c1ccccc1)c1cc(Cl)nc(N2CCOCC2)c1. The molecular weight excluding hydrogens is 597 g/mol. The zero-order chi connectivity index (χ0) is 30.2. The molecular formula is C32H30Cl2F2N4O3. The third-order valence-electron chi connectivity index (χ3n) is 7.03. The number of hydrogen-bond donors (Lipinski definition) is 0. The number of pyridine rings is 2. The molecule has 4 heterocycles. The largest absolute Gasteiger partial charge is 0.378 e. The average Bonchev–Trinajstić information content (AvgIpc) is 3.06. The van der Waals surface area contributed by atoms with Crippen molar-refractivity contribution in [1.29, 1.82) is 0 Å². The fraction of sp³-hybridized carbons (Fsp3) is 0.281. The summed E-state index contributed by atoms with van der Waals surface area (Å²) in [5.74, 6) is -1.98. The van der Waals surface area contributed by atoms with Crippen LogP contribution in [0.15, 0.2) is 84.9 Å². The Balaban J connectivity index is 0.000000171. The Labute approximate surface area is 259 Å². The predicted octanol–water partition coefficient (Wildman–Crippen LogP) is 6.51. The second-order valence-corrected chi connectivity index (χ2v) is 10.7. The number of morpholine rings is 2. The van der Waals surface area contributed by atoms with Crippen molar-refractivity contribution in [2.45, 2.75) is 5.92 Å². The molecule has 2 fully saturated rings. The van der Waals surface area contributed by atoms with Crippen molar-refractivity contribution in [2.24, 2.45) is 0 Å². The zero-order valence-corrected chi connectivity index (χ0v) is 24.8. The molecule has 0 N–H and O–H groups in total. The Bertz CT molecular complexity index is 1520. The van der Waals surface area contributed by atoms with E-state index in [1.807, 2.05) is 23.1 Å². The molecule has 2 aliphatic rings. The predicted molar refractivity (Wildman–Crippen MR) is 164 cm³/mol. The average molecular weight is 628 g/mol. The number of anilines is 2. The van der Waals surface area contributed by atoms with Crippen LogP contribution in [0.25, 0.3) is 0 Å². The zero-order valence-electron chi connectivity index (χ0n) is 23.3. The van der Waals surface area contributed by atoms with Gasteiger partial charge in [0.1, 0.15) is 21.9 Å². The molecule has 2 aromatic carbocycles. The third-order valence-corrected chi connectivity index (χ3v) is 7.42. The van der Waals surface area contributed by atoms with Gasteiger partial charge in [0.2, 0.25) is 0 Å². The summed E-state index contributed by atoms with van der Waals surface area (Å²) in [5.41, 5.74) is 0.987. The summed E-state index contributed by atoms with van der Waals surface area (Å²) in [7, 11) is 0. The Morgan fingerprint density at radius 2 is 1.14 bits per heavy atom. The molecule has 2 aliphatic heterocycles. The lowest BCUT2D eigenvalue weighted by Gasteiger charge is -2.29. The Kier molecular flexibility index (Phi) is 10.2. The molecule has 6 rings (SSSR count). The third kappa shape index (κ3) is 7.86. The molecule has 0 atom stereocenters. The van der Waals surface area contributed by atoms with Crippen molar-refractivity contribution in [1.82, 2.24) is 9.97 Å². The Morgan fingerprint density at radius 1 is 0.651 bits per heavy atom. The van der Waals surface area contributed by atoms with E-state index in [9.17, 15) is 13.6 Å². The number of nitrogens with zero attached hydrogens (tertiary/aromatic N) is 4. The fourth-order valence-corrected chi connectivity index (χ4v) is 5.17. The van der Waals surface area contributed by atoms with E-state index in [2.05, 4.69) is 14.9 Å². The quantitative estimate of drug-likeness (QED) is 0.178. The van der Waals surface area contributed by atoms with Crippen LogP contribution in [0.4, 0.5) is 20.4 Å². The molecule has 0 spiro atoms. The van der Waals surface area contributed by atoms with E-state index in [4.69, 9.17) is 32.7 Å². The minimum absolute atomic E-state index is 0.0468. The molecule has 0 aliphatic carbocycles. The summed E-state index contributed by atoms with van der Waals surface area (Å²) in [4.78, 5) is 25.0. The Hall–Kier alpha value is -3.63. The van der Waals surface area contributed by atoms with E-state index in [0.29, 0.717) is 61.6 Å². The molecule has 0 radical (unpaired) electrons. The van der Waals surface area contributed by atoms with Gasteiger partial charge in [-0.2, -0.15) is 8.78 Å². The highest BCUT2D eigenvalue weighted by Crippen LogP contribution is 2.37. The molecule has 2 aromatic heterocycles. The molecule has 2 saturated heterocycles. The first-order valence-electron chi connectivity index (χ1n) is 13.9. The molecule has 7 nitrogen and oxygen atoms in total. The van der Waals surface area contributed by atoms with E-state index in [1.54, 1.807) is 42.5 Å². The molecule has 4 aromatic rings. The number of halogens is 4. The van der Waals surface area contributed by atoms with Crippen LogP contribution in [-0.4, -0.2) is 68.4 Å². The Morgan fingerprint density at radius 3 is 1.70 bits per heavy atom. The van der Waals surface area contributed by atoms with Crippen LogP contribution in [0, 0.1) is 0 Å². The molecule has 0 amide bonds. The normalized spacial score (nSPS) is 15.4. The van der Waals surface area contributed by atoms with Gasteiger partial charge in [-0.1, -0.05) is 83.9 Å². The van der Waals surface area contributed by atoms with E-state index in [1.165, 1.54) is 24.3 Å². The van der Waals surface area contributed by atoms with Crippen LogP contribution in [0.1, 0.15) is 27.0 Å². The number of ketones is 1. The van der Waals surface area contributed by atoms with Gasteiger partial charge in [-0.15, -0.1) is 0 Å². The number of benzene rings is 2. The number of ether oxygens (including phenoxy) is 2. The summed E-state index contributed by atoms with van der Waals surface area (Å²) >= 11 is 12.0. The van der Waals surface area contributed by atoms with Crippen molar-refractivity contribution in [3.05, 3.63) is 117 Å². The highest BCUT2D eigenvalue weighted by atomic mass is 35.5. The van der Waals surface area contributed by atoms with Gasteiger partial charge in [-0.25, -0.2) is 9.97 Å². The molecule has 43 heavy (non-hydrogen) atoms. The fourth-order valence-electron chi connectivity index (χ4n) is 4.76. The first-order valence-corrected chi connectivity index (χ1v) is 14.6. The summed E-state index contributed by atoms with van der Waals surface area (Å²) in [5, 5.41) is 0.396. The van der Waals surface area contributed by atoms with Gasteiger partial charge in [0.15, 0.2) is 5.78 Å². The summed E-state index contributed by atoms with van der Waals surface area (Å²) in [6, 6.07) is 22.9. The van der Waals surface area contributed by atoms with Crippen LogP contribution in [-0.2, 0) is 15.4 Å². The second-order valence-electron chi connectivity index (χ2n) is 9.91. The topological polar surface area (TPSA) is 67.8 Å². The van der Waals surface area contributed by atoms with Gasteiger partial charge in [-0.05, 0) is 24.3 Å². The molecule has 0 saturated carbocycles. The number of rotatable bonds is 6. The minimum atomic E-state index is -3.12. The van der Waals surface area contributed by atoms with E-state index < -0.39 is 5.92 Å². The van der Waals surface area contributed by atoms with Gasteiger partial charge in [0.25, 0.3) is 5.92 Å². The van der Waals surface area contributed by atoms with Crippen LogP contribution >= 0.6 is 23.2 Å². The van der Waals surface area contributed by atoms with Crippen LogP contribution in [0.2, 0.25) is 10.3 Å². The number of hydrogen-bond acceptors (Lipinski definition) is 7. The van der Waals surface area contributed by atoms with Gasteiger partial charge < -0.3 is 19.3 Å². The van der Waals surface area contributed by atoms with Crippen molar-refractivity contribution in [3.63, 3.8) is 0 Å². The number of alkyl halides is 2. The van der Waals surface area contributed by atoms with E-state index in [-0.39, 0.29) is 22.1 Å². The molecule has 11 heteroatoms. The summed E-state index contributed by atoms with van der Waals surface area (Å²) in [6.45, 7) is 5.18. The standard InChI is InChI=1S/C16H15ClF2N2O.C16H15ClN2O2/c17-14-10-13(16(18,19)12-4-2-1-3-5-12)11-15(20-14)21-6-8-22-9-7-21;17-14-10-13(16(20)12-4-2-1-3-5-12)11-15(18-14)19-6-8-21-9-7-19/h1-5,10-11H,6-9H2;1-5,10-11H,6-9H2. The van der Waals surface area contributed by atoms with Crippen molar-refractivity contribution in [2.75, 3.05) is 62.4 Å².